The number of sulfonamides is 1. The highest BCUT2D eigenvalue weighted by Crippen LogP contribution is 2.30. The van der Waals surface area contributed by atoms with E-state index in [1.54, 1.807) is 30.3 Å². The van der Waals surface area contributed by atoms with E-state index < -0.39 is 21.7 Å². The molecule has 2 N–H and O–H groups in total. The summed E-state index contributed by atoms with van der Waals surface area (Å²) < 4.78 is 51.4. The van der Waals surface area contributed by atoms with Crippen molar-refractivity contribution in [1.82, 2.24) is 5.32 Å². The topological polar surface area (TPSA) is 93.7 Å². The second kappa shape index (κ2) is 9.48. The Kier molecular flexibility index (Phi) is 6.76. The molecule has 162 valence electrons. The third kappa shape index (κ3) is 5.13. The predicted molar refractivity (Wildman–Crippen MR) is 114 cm³/mol. The molecule has 0 atom stereocenters. The van der Waals surface area contributed by atoms with Gasteiger partial charge in [-0.05, 0) is 42.5 Å². The summed E-state index contributed by atoms with van der Waals surface area (Å²) in [6.07, 6.45) is 0. The second-order valence-corrected chi connectivity index (χ2v) is 8.12. The summed E-state index contributed by atoms with van der Waals surface area (Å²) in [6, 6.07) is 15.9. The highest BCUT2D eigenvalue weighted by molar-refractivity contribution is 7.92. The standard InChI is InChI=1S/C22H21FN2O5S/c1-29-20-9-5-6-15(21(20)30-2)14-24-22(26)18-7-3-4-8-19(18)25-31(27,28)17-12-10-16(23)11-13-17/h3-13,25H,14H2,1-2H3,(H,24,26). The number of carbonyl (C=O) groups is 1. The summed E-state index contributed by atoms with van der Waals surface area (Å²) in [5, 5.41) is 2.76. The molecule has 0 aliphatic rings. The Morgan fingerprint density at radius 2 is 1.65 bits per heavy atom. The fraction of sp³-hybridized carbons (Fsp3) is 0.136. The summed E-state index contributed by atoms with van der Waals surface area (Å²) in [4.78, 5) is 12.7. The lowest BCUT2D eigenvalue weighted by Crippen LogP contribution is -2.25. The normalized spacial score (nSPS) is 10.9. The zero-order chi connectivity index (χ0) is 22.4. The molecule has 3 rings (SSSR count). The van der Waals surface area contributed by atoms with E-state index in [0.717, 1.165) is 24.3 Å². The highest BCUT2D eigenvalue weighted by atomic mass is 32.2. The van der Waals surface area contributed by atoms with Gasteiger partial charge in [-0.3, -0.25) is 9.52 Å². The molecule has 3 aromatic carbocycles. The second-order valence-electron chi connectivity index (χ2n) is 6.44. The number of rotatable bonds is 8. The van der Waals surface area contributed by atoms with Crippen molar-refractivity contribution in [2.75, 3.05) is 18.9 Å². The molecule has 0 bridgehead atoms. The molecule has 7 nitrogen and oxygen atoms in total. The first kappa shape index (κ1) is 22.1. The highest BCUT2D eigenvalue weighted by Gasteiger charge is 2.19. The molecule has 3 aromatic rings. The van der Waals surface area contributed by atoms with Crippen molar-refractivity contribution in [2.45, 2.75) is 11.4 Å². The maximum absolute atomic E-state index is 13.1. The lowest BCUT2D eigenvalue weighted by molar-refractivity contribution is 0.0951. The third-order valence-corrected chi connectivity index (χ3v) is 5.85. The van der Waals surface area contributed by atoms with Gasteiger partial charge in [0.1, 0.15) is 5.82 Å². The number of halogens is 1. The average Bonchev–Trinajstić information content (AvgIpc) is 2.77. The van der Waals surface area contributed by atoms with Crippen LogP contribution in [-0.2, 0) is 16.6 Å². The molecule has 9 heteroatoms. The molecule has 0 saturated heterocycles. The number of benzene rings is 3. The lowest BCUT2D eigenvalue weighted by atomic mass is 10.1. The van der Waals surface area contributed by atoms with Crippen molar-refractivity contribution in [3.8, 4) is 11.5 Å². The van der Waals surface area contributed by atoms with Crippen LogP contribution in [0.15, 0.2) is 71.6 Å². The largest absolute Gasteiger partial charge is 0.493 e. The van der Waals surface area contributed by atoms with Crippen LogP contribution < -0.4 is 19.5 Å². The van der Waals surface area contributed by atoms with Gasteiger partial charge in [0.15, 0.2) is 11.5 Å². The number of nitrogens with one attached hydrogen (secondary N) is 2. The minimum atomic E-state index is -4.01. The van der Waals surface area contributed by atoms with E-state index in [9.17, 15) is 17.6 Å². The molecule has 0 heterocycles. The third-order valence-electron chi connectivity index (χ3n) is 4.46. The first-order valence-electron chi connectivity index (χ1n) is 9.21. The Morgan fingerprint density at radius 3 is 2.32 bits per heavy atom. The van der Waals surface area contributed by atoms with Crippen molar-refractivity contribution >= 4 is 21.6 Å². The van der Waals surface area contributed by atoms with Crippen LogP contribution in [0.5, 0.6) is 11.5 Å². The summed E-state index contributed by atoms with van der Waals surface area (Å²) in [5.74, 6) is -0.00807. The van der Waals surface area contributed by atoms with Gasteiger partial charge in [-0.2, -0.15) is 0 Å². The molecule has 0 saturated carbocycles. The van der Waals surface area contributed by atoms with Crippen LogP contribution in [-0.4, -0.2) is 28.5 Å². The van der Waals surface area contributed by atoms with Crippen LogP contribution >= 0.6 is 0 Å². The van der Waals surface area contributed by atoms with Crippen LogP contribution in [0.1, 0.15) is 15.9 Å². The fourth-order valence-electron chi connectivity index (χ4n) is 2.95. The smallest absolute Gasteiger partial charge is 0.261 e. The van der Waals surface area contributed by atoms with E-state index >= 15 is 0 Å². The Bertz CT molecular complexity index is 1180. The monoisotopic (exact) mass is 444 g/mol. The molecular weight excluding hydrogens is 423 g/mol. The van der Waals surface area contributed by atoms with Crippen molar-refractivity contribution < 1.29 is 27.1 Å². The van der Waals surface area contributed by atoms with Gasteiger partial charge >= 0.3 is 0 Å². The molecule has 1 amide bonds. The average molecular weight is 444 g/mol. The van der Waals surface area contributed by atoms with Gasteiger partial charge in [-0.15, -0.1) is 0 Å². The summed E-state index contributed by atoms with van der Waals surface area (Å²) in [5.41, 5.74) is 0.927. The Labute approximate surface area is 179 Å². The predicted octanol–water partition coefficient (Wildman–Crippen LogP) is 3.57. The molecular formula is C22H21FN2O5S. The first-order chi connectivity index (χ1) is 14.9. The number of carbonyl (C=O) groups excluding carboxylic acids is 1. The van der Waals surface area contributed by atoms with Crippen LogP contribution in [0, 0.1) is 5.82 Å². The van der Waals surface area contributed by atoms with Crippen molar-refractivity contribution in [3.05, 3.63) is 83.7 Å². The quantitative estimate of drug-likeness (QED) is 0.554. The van der Waals surface area contributed by atoms with E-state index in [1.165, 1.54) is 26.4 Å². The SMILES string of the molecule is COc1cccc(CNC(=O)c2ccccc2NS(=O)(=O)c2ccc(F)cc2)c1OC. The van der Waals surface area contributed by atoms with Crippen LogP contribution in [0.4, 0.5) is 10.1 Å². The minimum absolute atomic E-state index is 0.0990. The van der Waals surface area contributed by atoms with Crippen LogP contribution in [0.2, 0.25) is 0 Å². The first-order valence-corrected chi connectivity index (χ1v) is 10.7. The number of amides is 1. The summed E-state index contributed by atoms with van der Waals surface area (Å²) >= 11 is 0. The Hall–Kier alpha value is -3.59. The Balaban J connectivity index is 1.80. The minimum Gasteiger partial charge on any atom is -0.493 e. The molecule has 0 unspecified atom stereocenters. The van der Waals surface area contributed by atoms with E-state index in [4.69, 9.17) is 9.47 Å². The number of hydrogen-bond acceptors (Lipinski definition) is 5. The number of hydrogen-bond donors (Lipinski definition) is 2. The Morgan fingerprint density at radius 1 is 0.935 bits per heavy atom. The molecule has 0 aliphatic heterocycles. The molecule has 0 spiro atoms. The van der Waals surface area contributed by atoms with E-state index in [-0.39, 0.29) is 22.7 Å². The zero-order valence-corrected chi connectivity index (χ0v) is 17.7. The number of ether oxygens (including phenoxy) is 2. The molecule has 0 fully saturated rings. The zero-order valence-electron chi connectivity index (χ0n) is 16.9. The van der Waals surface area contributed by atoms with Crippen molar-refractivity contribution in [1.29, 1.82) is 0 Å². The van der Waals surface area contributed by atoms with Gasteiger partial charge in [0.05, 0.1) is 30.4 Å². The number of anilines is 1. The number of para-hydroxylation sites is 2. The number of methoxy groups -OCH3 is 2. The fourth-order valence-corrected chi connectivity index (χ4v) is 4.03. The van der Waals surface area contributed by atoms with Gasteiger partial charge in [-0.1, -0.05) is 24.3 Å². The van der Waals surface area contributed by atoms with Gasteiger partial charge in [0, 0.05) is 12.1 Å². The molecule has 0 aliphatic carbocycles. The van der Waals surface area contributed by atoms with Gasteiger partial charge in [-0.25, -0.2) is 12.8 Å². The van der Waals surface area contributed by atoms with Gasteiger partial charge < -0.3 is 14.8 Å². The van der Waals surface area contributed by atoms with Crippen molar-refractivity contribution in [2.24, 2.45) is 0 Å². The summed E-state index contributed by atoms with van der Waals surface area (Å²) in [7, 11) is -0.986. The maximum atomic E-state index is 13.1. The van der Waals surface area contributed by atoms with E-state index in [0.29, 0.717) is 17.1 Å². The van der Waals surface area contributed by atoms with Crippen LogP contribution in [0.3, 0.4) is 0 Å². The maximum Gasteiger partial charge on any atom is 0.261 e. The molecule has 0 radical (unpaired) electrons. The molecule has 31 heavy (non-hydrogen) atoms. The van der Waals surface area contributed by atoms with Crippen LogP contribution in [0.25, 0.3) is 0 Å². The lowest BCUT2D eigenvalue weighted by Gasteiger charge is -2.15. The molecule has 0 aromatic heterocycles. The van der Waals surface area contributed by atoms with E-state index in [2.05, 4.69) is 10.0 Å². The van der Waals surface area contributed by atoms with E-state index in [1.807, 2.05) is 0 Å². The van der Waals surface area contributed by atoms with Gasteiger partial charge in [0.2, 0.25) is 0 Å². The van der Waals surface area contributed by atoms with Gasteiger partial charge in [0.25, 0.3) is 15.9 Å². The van der Waals surface area contributed by atoms with Crippen molar-refractivity contribution in [3.63, 3.8) is 0 Å². The summed E-state index contributed by atoms with van der Waals surface area (Å²) in [6.45, 7) is 0.137.